The molecule has 0 amide bonds. The van der Waals surface area contributed by atoms with Crippen molar-refractivity contribution in [3.8, 4) is 17.6 Å². The van der Waals surface area contributed by atoms with Crippen molar-refractivity contribution in [3.63, 3.8) is 0 Å². The molecule has 0 bridgehead atoms. The smallest absolute Gasteiger partial charge is 0.232 e. The van der Waals surface area contributed by atoms with Crippen LogP contribution < -0.4 is 15.8 Å². The first kappa shape index (κ1) is 19.8. The largest absolute Gasteiger partial charge is 0.478 e. The number of rotatable bonds is 5. The number of hydrogen-bond donors (Lipinski definition) is 2. The minimum atomic E-state index is -1.82. The second-order valence-electron chi connectivity index (χ2n) is 5.82. The van der Waals surface area contributed by atoms with Gasteiger partial charge in [-0.15, -0.1) is 5.92 Å². The lowest BCUT2D eigenvalue weighted by atomic mass is 10.1. The molecule has 9 heteroatoms. The van der Waals surface area contributed by atoms with Crippen LogP contribution in [-0.4, -0.2) is 21.6 Å². The minimum absolute atomic E-state index is 0.0229. The second kappa shape index (κ2) is 7.83. The number of nitrogens with zero attached hydrogens (tertiary/aromatic N) is 3. The first-order valence-electron chi connectivity index (χ1n) is 7.62. The van der Waals surface area contributed by atoms with E-state index in [1.165, 1.54) is 19.9 Å². The van der Waals surface area contributed by atoms with Crippen LogP contribution in [0.5, 0.6) is 5.75 Å². The number of anilines is 3. The molecule has 2 rings (SSSR count). The van der Waals surface area contributed by atoms with Crippen LogP contribution in [0.3, 0.4) is 0 Å². The fourth-order valence-corrected chi connectivity index (χ4v) is 2.51. The maximum atomic E-state index is 14.2. The first-order valence-corrected chi connectivity index (χ1v) is 8.41. The Labute approximate surface area is 158 Å². The van der Waals surface area contributed by atoms with E-state index in [-0.39, 0.29) is 35.6 Å². The van der Waals surface area contributed by atoms with Crippen molar-refractivity contribution >= 4 is 33.5 Å². The van der Waals surface area contributed by atoms with Crippen LogP contribution in [0.2, 0.25) is 0 Å². The van der Waals surface area contributed by atoms with E-state index in [1.807, 2.05) is 0 Å². The molecule has 0 saturated carbocycles. The van der Waals surface area contributed by atoms with Crippen molar-refractivity contribution < 1.29 is 13.5 Å². The number of alkyl halides is 1. The molecular weight excluding hydrogens is 408 g/mol. The summed E-state index contributed by atoms with van der Waals surface area (Å²) in [6.07, 6.45) is 0. The van der Waals surface area contributed by atoms with Gasteiger partial charge >= 0.3 is 0 Å². The van der Waals surface area contributed by atoms with Gasteiger partial charge in [0.25, 0.3) is 0 Å². The third kappa shape index (κ3) is 4.58. The standard InChI is InChI=1S/C17H18BrF2N5O/c1-5-6-7-26-13-10(18)8-11(19)9(2)12(13)22-16-24-14(17(3,4)20)23-15(21)25-16/h8H,7H2,1-4H3,(H3,21,22,23,24,25). The van der Waals surface area contributed by atoms with E-state index in [4.69, 9.17) is 10.5 Å². The highest BCUT2D eigenvalue weighted by molar-refractivity contribution is 9.10. The molecule has 26 heavy (non-hydrogen) atoms. The number of nitrogens with two attached hydrogens (primary N) is 1. The van der Waals surface area contributed by atoms with Crippen LogP contribution in [0.25, 0.3) is 0 Å². The molecule has 1 aromatic carbocycles. The summed E-state index contributed by atoms with van der Waals surface area (Å²) >= 11 is 3.27. The fraction of sp³-hybridized carbons (Fsp3) is 0.353. The van der Waals surface area contributed by atoms with Gasteiger partial charge in [-0.25, -0.2) is 8.78 Å². The van der Waals surface area contributed by atoms with Crippen LogP contribution in [0.4, 0.5) is 26.4 Å². The van der Waals surface area contributed by atoms with Crippen LogP contribution in [0.1, 0.15) is 32.2 Å². The van der Waals surface area contributed by atoms with Crippen LogP contribution >= 0.6 is 15.9 Å². The Balaban J connectivity index is 2.51. The van der Waals surface area contributed by atoms with E-state index >= 15 is 0 Å². The van der Waals surface area contributed by atoms with Crippen molar-refractivity contribution in [2.45, 2.75) is 33.4 Å². The molecule has 6 nitrogen and oxygen atoms in total. The molecular formula is C17H18BrF2N5O. The summed E-state index contributed by atoms with van der Waals surface area (Å²) in [6.45, 7) is 5.95. The lowest BCUT2D eigenvalue weighted by Crippen LogP contribution is -2.18. The first-order chi connectivity index (χ1) is 12.1. The molecule has 0 unspecified atom stereocenters. The van der Waals surface area contributed by atoms with E-state index in [9.17, 15) is 8.78 Å². The number of aromatic nitrogens is 3. The minimum Gasteiger partial charge on any atom is -0.478 e. The normalized spacial score (nSPS) is 10.9. The van der Waals surface area contributed by atoms with Crippen LogP contribution in [-0.2, 0) is 5.67 Å². The molecule has 0 aliphatic rings. The summed E-state index contributed by atoms with van der Waals surface area (Å²) in [4.78, 5) is 11.8. The van der Waals surface area contributed by atoms with Crippen molar-refractivity contribution in [2.24, 2.45) is 0 Å². The van der Waals surface area contributed by atoms with E-state index in [1.54, 1.807) is 13.8 Å². The third-order valence-electron chi connectivity index (χ3n) is 3.32. The van der Waals surface area contributed by atoms with E-state index in [0.29, 0.717) is 10.2 Å². The SMILES string of the molecule is CC#CCOc1c(Br)cc(F)c(C)c1Nc1nc(N)nc(C(C)(C)F)n1. The molecule has 1 aromatic heterocycles. The maximum absolute atomic E-state index is 14.2. The van der Waals surface area contributed by atoms with Crippen molar-refractivity contribution in [3.05, 3.63) is 27.7 Å². The second-order valence-corrected chi connectivity index (χ2v) is 6.68. The van der Waals surface area contributed by atoms with Gasteiger partial charge < -0.3 is 15.8 Å². The molecule has 138 valence electrons. The summed E-state index contributed by atoms with van der Waals surface area (Å²) in [5, 5.41) is 2.85. The Bertz CT molecular complexity index is 887. The molecule has 0 aliphatic carbocycles. The van der Waals surface area contributed by atoms with Gasteiger partial charge in [0.05, 0.1) is 10.2 Å². The maximum Gasteiger partial charge on any atom is 0.232 e. The predicted molar refractivity (Wildman–Crippen MR) is 99.4 cm³/mol. The Morgan fingerprint density at radius 3 is 2.65 bits per heavy atom. The average molecular weight is 426 g/mol. The Morgan fingerprint density at radius 1 is 1.35 bits per heavy atom. The van der Waals surface area contributed by atoms with Gasteiger partial charge in [-0.05, 0) is 49.7 Å². The molecule has 3 N–H and O–H groups in total. The molecule has 0 fully saturated rings. The Hall–Kier alpha value is -2.47. The zero-order valence-corrected chi connectivity index (χ0v) is 16.3. The number of benzene rings is 1. The summed E-state index contributed by atoms with van der Waals surface area (Å²) in [7, 11) is 0. The predicted octanol–water partition coefficient (Wildman–Crippen LogP) is 4.01. The fourth-order valence-electron chi connectivity index (χ4n) is 1.99. The number of hydrogen-bond acceptors (Lipinski definition) is 6. The van der Waals surface area contributed by atoms with Crippen molar-refractivity contribution in [1.29, 1.82) is 0 Å². The van der Waals surface area contributed by atoms with Gasteiger partial charge in [-0.1, -0.05) is 5.92 Å². The van der Waals surface area contributed by atoms with Gasteiger partial charge in [-0.3, -0.25) is 0 Å². The highest BCUT2D eigenvalue weighted by Gasteiger charge is 2.25. The molecule has 0 aliphatic heterocycles. The van der Waals surface area contributed by atoms with E-state index in [0.717, 1.165) is 0 Å². The number of nitrogens with one attached hydrogen (secondary N) is 1. The summed E-state index contributed by atoms with van der Waals surface area (Å²) in [5.74, 6) is 5.01. The van der Waals surface area contributed by atoms with Crippen LogP contribution in [0, 0.1) is 24.6 Å². The highest BCUT2D eigenvalue weighted by atomic mass is 79.9. The molecule has 0 atom stereocenters. The zero-order chi connectivity index (χ0) is 19.5. The van der Waals surface area contributed by atoms with Gasteiger partial charge in [0.2, 0.25) is 11.9 Å². The topological polar surface area (TPSA) is 86.0 Å². The van der Waals surface area contributed by atoms with Gasteiger partial charge in [0.1, 0.15) is 12.4 Å². The molecule has 1 heterocycles. The van der Waals surface area contributed by atoms with Crippen molar-refractivity contribution in [1.82, 2.24) is 15.0 Å². The average Bonchev–Trinajstić information content (AvgIpc) is 2.54. The lowest BCUT2D eigenvalue weighted by molar-refractivity contribution is 0.206. The molecule has 2 aromatic rings. The highest BCUT2D eigenvalue weighted by Crippen LogP contribution is 2.39. The number of nitrogen functional groups attached to an aromatic ring is 1. The molecule has 0 saturated heterocycles. The zero-order valence-electron chi connectivity index (χ0n) is 14.7. The summed E-state index contributed by atoms with van der Waals surface area (Å²) in [5.41, 5.74) is 4.38. The van der Waals surface area contributed by atoms with Crippen molar-refractivity contribution in [2.75, 3.05) is 17.7 Å². The van der Waals surface area contributed by atoms with E-state index in [2.05, 4.69) is 48.0 Å². The quantitative estimate of drug-likeness (QED) is 0.703. The monoisotopic (exact) mass is 425 g/mol. The number of ether oxygens (including phenoxy) is 1. The third-order valence-corrected chi connectivity index (χ3v) is 3.91. The Kier molecular flexibility index (Phi) is 5.97. The molecule has 0 radical (unpaired) electrons. The van der Waals surface area contributed by atoms with E-state index < -0.39 is 11.5 Å². The van der Waals surface area contributed by atoms with Gasteiger partial charge in [0.15, 0.2) is 17.2 Å². The van der Waals surface area contributed by atoms with Gasteiger partial charge in [-0.2, -0.15) is 15.0 Å². The lowest BCUT2D eigenvalue weighted by Gasteiger charge is -2.18. The summed E-state index contributed by atoms with van der Waals surface area (Å²) in [6, 6.07) is 1.28. The molecule has 0 spiro atoms. The summed E-state index contributed by atoms with van der Waals surface area (Å²) < 4.78 is 34.3. The van der Waals surface area contributed by atoms with Crippen LogP contribution in [0.15, 0.2) is 10.5 Å². The van der Waals surface area contributed by atoms with Gasteiger partial charge in [0, 0.05) is 5.56 Å². The Morgan fingerprint density at radius 2 is 2.04 bits per heavy atom. The number of halogens is 3.